The highest BCUT2D eigenvalue weighted by Crippen LogP contribution is 2.21. The van der Waals surface area contributed by atoms with Crippen LogP contribution in [0.1, 0.15) is 12.5 Å². The van der Waals surface area contributed by atoms with E-state index in [1.165, 1.54) is 11.8 Å². The van der Waals surface area contributed by atoms with E-state index in [-0.39, 0.29) is 5.91 Å². The van der Waals surface area contributed by atoms with Gasteiger partial charge in [-0.15, -0.1) is 11.8 Å². The molecule has 0 spiro atoms. The molecule has 2 aromatic carbocycles. The molecule has 1 amide bonds. The Balaban J connectivity index is 1.76. The summed E-state index contributed by atoms with van der Waals surface area (Å²) in [4.78, 5) is 12.9. The lowest BCUT2D eigenvalue weighted by Crippen LogP contribution is -2.24. The number of thioether (sulfide) groups is 1. The third-order valence-electron chi connectivity index (χ3n) is 2.94. The standard InChI is InChI=1S/C17H18ClNO2S/c1-2-21-14-7-9-15(10-8-14)22-12-17(20)19-11-13-5-3-4-6-16(13)18/h3-10H,2,11-12H2,1H3,(H,19,20). The summed E-state index contributed by atoms with van der Waals surface area (Å²) in [5, 5.41) is 3.54. The molecule has 0 saturated heterocycles. The van der Waals surface area contributed by atoms with Crippen LogP contribution in [0.15, 0.2) is 53.4 Å². The third kappa shape index (κ3) is 5.28. The van der Waals surface area contributed by atoms with Gasteiger partial charge >= 0.3 is 0 Å². The molecule has 0 atom stereocenters. The average Bonchev–Trinajstić information content (AvgIpc) is 2.54. The van der Waals surface area contributed by atoms with Crippen molar-refractivity contribution in [1.29, 1.82) is 0 Å². The van der Waals surface area contributed by atoms with Crippen LogP contribution in [0.3, 0.4) is 0 Å². The quantitative estimate of drug-likeness (QED) is 0.772. The van der Waals surface area contributed by atoms with Crippen LogP contribution in [0, 0.1) is 0 Å². The van der Waals surface area contributed by atoms with E-state index in [9.17, 15) is 4.79 Å². The molecule has 22 heavy (non-hydrogen) atoms. The predicted octanol–water partition coefficient (Wildman–Crippen LogP) is 4.15. The molecule has 0 fully saturated rings. The number of benzene rings is 2. The maximum Gasteiger partial charge on any atom is 0.230 e. The van der Waals surface area contributed by atoms with Gasteiger partial charge < -0.3 is 10.1 Å². The fourth-order valence-corrected chi connectivity index (χ4v) is 2.77. The molecule has 0 saturated carbocycles. The molecule has 0 bridgehead atoms. The first kappa shape index (κ1) is 16.7. The topological polar surface area (TPSA) is 38.3 Å². The fraction of sp³-hybridized carbons (Fsp3) is 0.235. The molecule has 3 nitrogen and oxygen atoms in total. The normalized spacial score (nSPS) is 10.3. The summed E-state index contributed by atoms with van der Waals surface area (Å²) >= 11 is 7.55. The Hall–Kier alpha value is -1.65. The zero-order valence-corrected chi connectivity index (χ0v) is 13.9. The molecule has 0 aliphatic carbocycles. The SMILES string of the molecule is CCOc1ccc(SCC(=O)NCc2ccccc2Cl)cc1. The number of rotatable bonds is 7. The highest BCUT2D eigenvalue weighted by Gasteiger charge is 2.05. The van der Waals surface area contributed by atoms with Crippen LogP contribution in [0.5, 0.6) is 5.75 Å². The highest BCUT2D eigenvalue weighted by molar-refractivity contribution is 8.00. The van der Waals surface area contributed by atoms with Gasteiger partial charge in [-0.25, -0.2) is 0 Å². The number of ether oxygens (including phenoxy) is 1. The molecule has 1 N–H and O–H groups in total. The van der Waals surface area contributed by atoms with Gasteiger partial charge in [-0.2, -0.15) is 0 Å². The van der Waals surface area contributed by atoms with Crippen LogP contribution >= 0.6 is 23.4 Å². The monoisotopic (exact) mass is 335 g/mol. The third-order valence-corrected chi connectivity index (χ3v) is 4.32. The van der Waals surface area contributed by atoms with Gasteiger partial charge in [0.05, 0.1) is 12.4 Å². The van der Waals surface area contributed by atoms with Gasteiger partial charge in [0.1, 0.15) is 5.75 Å². The summed E-state index contributed by atoms with van der Waals surface area (Å²) in [6.07, 6.45) is 0. The number of halogens is 1. The summed E-state index contributed by atoms with van der Waals surface area (Å²) in [6.45, 7) is 3.05. The molecule has 0 aromatic heterocycles. The van der Waals surface area contributed by atoms with Crippen molar-refractivity contribution in [2.45, 2.75) is 18.4 Å². The first-order valence-electron chi connectivity index (χ1n) is 7.05. The van der Waals surface area contributed by atoms with E-state index in [1.54, 1.807) is 0 Å². The summed E-state index contributed by atoms with van der Waals surface area (Å²) in [5.74, 6) is 1.20. The zero-order chi connectivity index (χ0) is 15.8. The number of carbonyl (C=O) groups excluding carboxylic acids is 1. The second-order valence-electron chi connectivity index (χ2n) is 4.56. The summed E-state index contributed by atoms with van der Waals surface area (Å²) in [5.41, 5.74) is 0.920. The Kier molecular flexibility index (Phi) is 6.62. The van der Waals surface area contributed by atoms with Crippen molar-refractivity contribution >= 4 is 29.3 Å². The Morgan fingerprint density at radius 3 is 2.59 bits per heavy atom. The van der Waals surface area contributed by atoms with E-state index in [0.29, 0.717) is 23.9 Å². The maximum absolute atomic E-state index is 11.9. The van der Waals surface area contributed by atoms with Crippen LogP contribution in [0.4, 0.5) is 0 Å². The smallest absolute Gasteiger partial charge is 0.230 e. The molecule has 0 aliphatic rings. The van der Waals surface area contributed by atoms with Gasteiger partial charge in [-0.3, -0.25) is 4.79 Å². The lowest BCUT2D eigenvalue weighted by atomic mass is 10.2. The molecule has 116 valence electrons. The van der Waals surface area contributed by atoms with Crippen LogP contribution in [-0.4, -0.2) is 18.3 Å². The van der Waals surface area contributed by atoms with Gasteiger partial charge in [-0.05, 0) is 42.8 Å². The van der Waals surface area contributed by atoms with Crippen molar-refractivity contribution in [3.63, 3.8) is 0 Å². The van der Waals surface area contributed by atoms with Crippen molar-refractivity contribution < 1.29 is 9.53 Å². The second kappa shape index (κ2) is 8.71. The fourth-order valence-electron chi connectivity index (χ4n) is 1.83. The minimum Gasteiger partial charge on any atom is -0.494 e. The van der Waals surface area contributed by atoms with Crippen LogP contribution in [0.2, 0.25) is 5.02 Å². The molecule has 0 radical (unpaired) electrons. The number of carbonyl (C=O) groups is 1. The molecule has 0 aliphatic heterocycles. The average molecular weight is 336 g/mol. The number of nitrogens with one attached hydrogen (secondary N) is 1. The van der Waals surface area contributed by atoms with E-state index in [1.807, 2.05) is 55.5 Å². The Bertz CT molecular complexity index is 616. The molecule has 5 heteroatoms. The van der Waals surface area contributed by atoms with E-state index in [4.69, 9.17) is 16.3 Å². The van der Waals surface area contributed by atoms with Crippen molar-refractivity contribution in [1.82, 2.24) is 5.32 Å². The molecule has 0 heterocycles. The molecule has 0 unspecified atom stereocenters. The van der Waals surface area contributed by atoms with Gasteiger partial charge in [-0.1, -0.05) is 29.8 Å². The Morgan fingerprint density at radius 2 is 1.91 bits per heavy atom. The van der Waals surface area contributed by atoms with Crippen LogP contribution in [-0.2, 0) is 11.3 Å². The predicted molar refractivity (Wildman–Crippen MR) is 91.6 cm³/mol. The number of amides is 1. The van der Waals surface area contributed by atoms with E-state index in [0.717, 1.165) is 16.2 Å². The maximum atomic E-state index is 11.9. The van der Waals surface area contributed by atoms with Gasteiger partial charge in [0.2, 0.25) is 5.91 Å². The van der Waals surface area contributed by atoms with Gasteiger partial charge in [0.15, 0.2) is 0 Å². The Labute approximate surface area is 140 Å². The van der Waals surface area contributed by atoms with Crippen molar-refractivity contribution in [2.75, 3.05) is 12.4 Å². The molecule has 2 aromatic rings. The summed E-state index contributed by atoms with van der Waals surface area (Å²) in [6, 6.07) is 15.2. The van der Waals surface area contributed by atoms with Crippen molar-refractivity contribution in [2.24, 2.45) is 0 Å². The van der Waals surface area contributed by atoms with Crippen LogP contribution < -0.4 is 10.1 Å². The van der Waals surface area contributed by atoms with Crippen molar-refractivity contribution in [3.8, 4) is 5.75 Å². The number of hydrogen-bond donors (Lipinski definition) is 1. The lowest BCUT2D eigenvalue weighted by molar-refractivity contribution is -0.118. The van der Waals surface area contributed by atoms with E-state index >= 15 is 0 Å². The largest absolute Gasteiger partial charge is 0.494 e. The highest BCUT2D eigenvalue weighted by atomic mass is 35.5. The zero-order valence-electron chi connectivity index (χ0n) is 12.3. The first-order valence-corrected chi connectivity index (χ1v) is 8.41. The molecular weight excluding hydrogens is 318 g/mol. The molecule has 2 rings (SSSR count). The minimum atomic E-state index is -0.0150. The number of hydrogen-bond acceptors (Lipinski definition) is 3. The van der Waals surface area contributed by atoms with Crippen LogP contribution in [0.25, 0.3) is 0 Å². The minimum absolute atomic E-state index is 0.0150. The lowest BCUT2D eigenvalue weighted by Gasteiger charge is -2.07. The Morgan fingerprint density at radius 1 is 1.18 bits per heavy atom. The van der Waals surface area contributed by atoms with Gasteiger partial charge in [0.25, 0.3) is 0 Å². The van der Waals surface area contributed by atoms with Gasteiger partial charge in [0, 0.05) is 16.5 Å². The molecular formula is C17H18ClNO2S. The summed E-state index contributed by atoms with van der Waals surface area (Å²) in [7, 11) is 0. The first-order chi connectivity index (χ1) is 10.7. The second-order valence-corrected chi connectivity index (χ2v) is 6.02. The van der Waals surface area contributed by atoms with E-state index < -0.39 is 0 Å². The van der Waals surface area contributed by atoms with Crippen molar-refractivity contribution in [3.05, 3.63) is 59.1 Å². The summed E-state index contributed by atoms with van der Waals surface area (Å²) < 4.78 is 5.38. The van der Waals surface area contributed by atoms with E-state index in [2.05, 4.69) is 5.32 Å².